The molecule has 100 valence electrons. The molecule has 1 aromatic rings. The highest BCUT2D eigenvalue weighted by molar-refractivity contribution is 5.89. The number of methoxy groups -OCH3 is 1. The molecule has 0 aliphatic carbocycles. The van der Waals surface area contributed by atoms with Gasteiger partial charge in [0.25, 0.3) is 0 Å². The number of esters is 1. The van der Waals surface area contributed by atoms with Crippen molar-refractivity contribution < 1.29 is 14.3 Å². The summed E-state index contributed by atoms with van der Waals surface area (Å²) in [5, 5.41) is 0. The number of hydrogen-bond acceptors (Lipinski definition) is 3. The third-order valence-corrected chi connectivity index (χ3v) is 2.93. The lowest BCUT2D eigenvalue weighted by molar-refractivity contribution is 0.0268. The van der Waals surface area contributed by atoms with Crippen LogP contribution in [0.15, 0.2) is 24.3 Å². The van der Waals surface area contributed by atoms with E-state index < -0.39 is 0 Å². The van der Waals surface area contributed by atoms with Crippen LogP contribution < -0.4 is 4.74 Å². The summed E-state index contributed by atoms with van der Waals surface area (Å²) in [6.07, 6.45) is 4.04. The lowest BCUT2D eigenvalue weighted by atomic mass is 10.1. The van der Waals surface area contributed by atoms with Crippen molar-refractivity contribution in [2.45, 2.75) is 45.6 Å². The molecule has 18 heavy (non-hydrogen) atoms. The number of hydrogen-bond donors (Lipinski definition) is 0. The quantitative estimate of drug-likeness (QED) is 0.690. The van der Waals surface area contributed by atoms with Crippen LogP contribution in [-0.2, 0) is 4.74 Å². The van der Waals surface area contributed by atoms with Crippen LogP contribution in [0.25, 0.3) is 0 Å². The number of benzene rings is 1. The van der Waals surface area contributed by atoms with E-state index in [0.29, 0.717) is 5.56 Å². The SMILES string of the molecule is CCCCC(CC)OC(=O)c1ccc(OC)cc1. The normalized spacial score (nSPS) is 11.9. The van der Waals surface area contributed by atoms with Gasteiger partial charge in [-0.05, 0) is 37.1 Å². The Kier molecular flexibility index (Phi) is 6.26. The highest BCUT2D eigenvalue weighted by Crippen LogP contribution is 2.15. The molecule has 0 radical (unpaired) electrons. The Labute approximate surface area is 109 Å². The zero-order valence-electron chi connectivity index (χ0n) is 11.4. The minimum Gasteiger partial charge on any atom is -0.497 e. The highest BCUT2D eigenvalue weighted by Gasteiger charge is 2.13. The van der Waals surface area contributed by atoms with Gasteiger partial charge >= 0.3 is 5.97 Å². The van der Waals surface area contributed by atoms with Gasteiger partial charge in [0.1, 0.15) is 11.9 Å². The third-order valence-electron chi connectivity index (χ3n) is 2.93. The topological polar surface area (TPSA) is 35.5 Å². The second kappa shape index (κ2) is 7.75. The van der Waals surface area contributed by atoms with E-state index in [-0.39, 0.29) is 12.1 Å². The molecule has 0 aliphatic rings. The van der Waals surface area contributed by atoms with Crippen LogP contribution in [0.4, 0.5) is 0 Å². The van der Waals surface area contributed by atoms with E-state index in [1.807, 2.05) is 6.92 Å². The number of carbonyl (C=O) groups is 1. The van der Waals surface area contributed by atoms with Crippen LogP contribution in [-0.4, -0.2) is 19.2 Å². The number of rotatable bonds is 7. The van der Waals surface area contributed by atoms with E-state index in [1.165, 1.54) is 0 Å². The van der Waals surface area contributed by atoms with Gasteiger partial charge in [-0.2, -0.15) is 0 Å². The Morgan fingerprint density at radius 3 is 2.39 bits per heavy atom. The van der Waals surface area contributed by atoms with Crippen molar-refractivity contribution in [1.82, 2.24) is 0 Å². The molecule has 0 saturated heterocycles. The lowest BCUT2D eigenvalue weighted by Crippen LogP contribution is -2.17. The smallest absolute Gasteiger partial charge is 0.338 e. The van der Waals surface area contributed by atoms with E-state index in [0.717, 1.165) is 31.4 Å². The molecule has 1 rings (SSSR count). The Bertz CT molecular complexity index is 357. The van der Waals surface area contributed by atoms with Gasteiger partial charge in [0.15, 0.2) is 0 Å². The molecule has 1 aromatic carbocycles. The zero-order valence-corrected chi connectivity index (χ0v) is 11.4. The summed E-state index contributed by atoms with van der Waals surface area (Å²) in [5.41, 5.74) is 0.575. The Hall–Kier alpha value is -1.51. The Morgan fingerprint density at radius 2 is 1.89 bits per heavy atom. The molecule has 0 aliphatic heterocycles. The summed E-state index contributed by atoms with van der Waals surface area (Å²) in [5.74, 6) is 0.491. The van der Waals surface area contributed by atoms with Gasteiger partial charge in [0.05, 0.1) is 12.7 Å². The van der Waals surface area contributed by atoms with Crippen molar-refractivity contribution in [2.75, 3.05) is 7.11 Å². The number of carbonyl (C=O) groups excluding carboxylic acids is 1. The van der Waals surface area contributed by atoms with Crippen LogP contribution in [0.5, 0.6) is 5.75 Å². The van der Waals surface area contributed by atoms with Crippen LogP contribution >= 0.6 is 0 Å². The van der Waals surface area contributed by atoms with E-state index >= 15 is 0 Å². The molecule has 0 amide bonds. The molecule has 0 N–H and O–H groups in total. The average Bonchev–Trinajstić information content (AvgIpc) is 2.43. The molecule has 0 heterocycles. The second-order valence-electron chi connectivity index (χ2n) is 4.31. The summed E-state index contributed by atoms with van der Waals surface area (Å²) in [7, 11) is 1.60. The minimum absolute atomic E-state index is 0.0274. The van der Waals surface area contributed by atoms with Gasteiger partial charge in [-0.1, -0.05) is 26.7 Å². The fraction of sp³-hybridized carbons (Fsp3) is 0.533. The summed E-state index contributed by atoms with van der Waals surface area (Å²) < 4.78 is 10.5. The second-order valence-corrected chi connectivity index (χ2v) is 4.31. The molecule has 3 heteroatoms. The lowest BCUT2D eigenvalue weighted by Gasteiger charge is -2.15. The van der Waals surface area contributed by atoms with Crippen molar-refractivity contribution in [2.24, 2.45) is 0 Å². The molecule has 1 unspecified atom stereocenters. The van der Waals surface area contributed by atoms with Crippen molar-refractivity contribution in [3.63, 3.8) is 0 Å². The number of unbranched alkanes of at least 4 members (excludes halogenated alkanes) is 1. The van der Waals surface area contributed by atoms with E-state index in [2.05, 4.69) is 6.92 Å². The Morgan fingerprint density at radius 1 is 1.22 bits per heavy atom. The largest absolute Gasteiger partial charge is 0.497 e. The Balaban J connectivity index is 2.56. The summed E-state index contributed by atoms with van der Waals surface area (Å²) in [6.45, 7) is 4.18. The maximum absolute atomic E-state index is 11.9. The van der Waals surface area contributed by atoms with Crippen molar-refractivity contribution in [1.29, 1.82) is 0 Å². The average molecular weight is 250 g/mol. The van der Waals surface area contributed by atoms with Gasteiger partial charge in [-0.3, -0.25) is 0 Å². The third kappa shape index (κ3) is 4.40. The first-order chi connectivity index (χ1) is 8.71. The van der Waals surface area contributed by atoms with Crippen LogP contribution in [0.3, 0.4) is 0 Å². The molecule has 0 aromatic heterocycles. The molecule has 0 bridgehead atoms. The molecular formula is C15H22O3. The van der Waals surface area contributed by atoms with Crippen LogP contribution in [0.1, 0.15) is 49.9 Å². The summed E-state index contributed by atoms with van der Waals surface area (Å²) >= 11 is 0. The standard InChI is InChI=1S/C15H22O3/c1-4-6-7-13(5-2)18-15(16)12-8-10-14(17-3)11-9-12/h8-11,13H,4-7H2,1-3H3. The fourth-order valence-corrected chi connectivity index (χ4v) is 1.72. The van der Waals surface area contributed by atoms with Crippen molar-refractivity contribution in [3.8, 4) is 5.75 Å². The first-order valence-corrected chi connectivity index (χ1v) is 6.56. The maximum Gasteiger partial charge on any atom is 0.338 e. The first kappa shape index (κ1) is 14.6. The molecule has 0 spiro atoms. The zero-order chi connectivity index (χ0) is 13.4. The van der Waals surface area contributed by atoms with Gasteiger partial charge in [0, 0.05) is 0 Å². The van der Waals surface area contributed by atoms with Gasteiger partial charge in [-0.25, -0.2) is 4.79 Å². The minimum atomic E-state index is -0.249. The molecule has 0 fully saturated rings. The first-order valence-electron chi connectivity index (χ1n) is 6.56. The van der Waals surface area contributed by atoms with Crippen molar-refractivity contribution in [3.05, 3.63) is 29.8 Å². The van der Waals surface area contributed by atoms with Crippen LogP contribution in [0, 0.1) is 0 Å². The molecular weight excluding hydrogens is 228 g/mol. The number of ether oxygens (including phenoxy) is 2. The highest BCUT2D eigenvalue weighted by atomic mass is 16.5. The predicted octanol–water partition coefficient (Wildman–Crippen LogP) is 3.82. The predicted molar refractivity (Wildman–Crippen MR) is 72.0 cm³/mol. The maximum atomic E-state index is 11.9. The summed E-state index contributed by atoms with van der Waals surface area (Å²) in [6, 6.07) is 6.99. The monoisotopic (exact) mass is 250 g/mol. The summed E-state index contributed by atoms with van der Waals surface area (Å²) in [4.78, 5) is 11.9. The molecule has 1 atom stereocenters. The van der Waals surface area contributed by atoms with Crippen LogP contribution in [0.2, 0.25) is 0 Å². The molecule has 0 saturated carbocycles. The van der Waals surface area contributed by atoms with E-state index in [9.17, 15) is 4.79 Å². The van der Waals surface area contributed by atoms with Crippen molar-refractivity contribution >= 4 is 5.97 Å². The van der Waals surface area contributed by atoms with Gasteiger partial charge in [0.2, 0.25) is 0 Å². The fourth-order valence-electron chi connectivity index (χ4n) is 1.72. The molecule has 3 nitrogen and oxygen atoms in total. The van der Waals surface area contributed by atoms with Gasteiger partial charge < -0.3 is 9.47 Å². The van der Waals surface area contributed by atoms with E-state index in [4.69, 9.17) is 9.47 Å². The van der Waals surface area contributed by atoms with E-state index in [1.54, 1.807) is 31.4 Å². The van der Waals surface area contributed by atoms with Gasteiger partial charge in [-0.15, -0.1) is 0 Å².